The minimum atomic E-state index is -0.855. The summed E-state index contributed by atoms with van der Waals surface area (Å²) in [5.41, 5.74) is 2.06. The molecule has 0 unspecified atom stereocenters. The maximum absolute atomic E-state index is 13.9. The fourth-order valence-electron chi connectivity index (χ4n) is 3.93. The summed E-state index contributed by atoms with van der Waals surface area (Å²) in [6, 6.07) is 9.37. The van der Waals surface area contributed by atoms with Crippen LogP contribution in [0.1, 0.15) is 17.5 Å². The van der Waals surface area contributed by atoms with E-state index in [1.165, 1.54) is 0 Å². The smallest absolute Gasteiger partial charge is 0.298 e. The molecule has 3 heterocycles. The molecule has 0 radical (unpaired) electrons. The van der Waals surface area contributed by atoms with E-state index in [2.05, 4.69) is 20.2 Å². The molecule has 0 spiro atoms. The third-order valence-corrected chi connectivity index (χ3v) is 6.11. The maximum Gasteiger partial charge on any atom is 0.298 e. The standard InChI is InChI=1S/C21H16F2N4O2S.H2/c22-11-9-13(23)18-16(10-11)30-21(25-18)26-20(29)19(28)17-12-3-1-2-4-14(12)27-8-7-24-6-5-15(17)27;/h1-4,9-10,24H,5-8H2,(H,25,26,29);1H. The summed E-state index contributed by atoms with van der Waals surface area (Å²) in [6.45, 7) is 2.19. The van der Waals surface area contributed by atoms with Crippen molar-refractivity contribution in [2.45, 2.75) is 13.0 Å². The Hall–Kier alpha value is -3.17. The second-order valence-electron chi connectivity index (χ2n) is 7.03. The van der Waals surface area contributed by atoms with Crippen LogP contribution in [0.15, 0.2) is 36.4 Å². The predicted octanol–water partition coefficient (Wildman–Crippen LogP) is 3.74. The van der Waals surface area contributed by atoms with E-state index < -0.39 is 23.3 Å². The van der Waals surface area contributed by atoms with Crippen molar-refractivity contribution in [1.82, 2.24) is 14.9 Å². The summed E-state index contributed by atoms with van der Waals surface area (Å²) in [5.74, 6) is -3.07. The number of carbonyl (C=O) groups is 2. The van der Waals surface area contributed by atoms with Crippen LogP contribution in [-0.2, 0) is 17.8 Å². The van der Waals surface area contributed by atoms with Crippen LogP contribution < -0.4 is 10.6 Å². The number of benzene rings is 2. The van der Waals surface area contributed by atoms with Crippen LogP contribution in [0.4, 0.5) is 13.9 Å². The number of aromatic nitrogens is 2. The van der Waals surface area contributed by atoms with Gasteiger partial charge in [-0.15, -0.1) is 0 Å². The van der Waals surface area contributed by atoms with Gasteiger partial charge in [0.1, 0.15) is 11.3 Å². The second kappa shape index (κ2) is 7.26. The van der Waals surface area contributed by atoms with E-state index in [1.807, 2.05) is 24.3 Å². The number of fused-ring (bicyclic) bond motifs is 4. The molecule has 0 bridgehead atoms. The Bertz CT molecular complexity index is 1330. The van der Waals surface area contributed by atoms with Gasteiger partial charge in [-0.25, -0.2) is 13.8 Å². The van der Waals surface area contributed by atoms with E-state index in [4.69, 9.17) is 0 Å². The Labute approximate surface area is 175 Å². The summed E-state index contributed by atoms with van der Waals surface area (Å²) < 4.78 is 29.6. The highest BCUT2D eigenvalue weighted by atomic mass is 32.1. The molecule has 2 N–H and O–H groups in total. The number of anilines is 1. The number of hydrogen-bond donors (Lipinski definition) is 2. The average Bonchev–Trinajstić information content (AvgIpc) is 3.16. The number of hydrogen-bond acceptors (Lipinski definition) is 5. The van der Waals surface area contributed by atoms with Gasteiger partial charge in [0.05, 0.1) is 10.3 Å². The van der Waals surface area contributed by atoms with Gasteiger partial charge in [-0.3, -0.25) is 14.9 Å². The Morgan fingerprint density at radius 3 is 2.90 bits per heavy atom. The van der Waals surface area contributed by atoms with Gasteiger partial charge < -0.3 is 9.88 Å². The molecular weight excluding hydrogens is 410 g/mol. The van der Waals surface area contributed by atoms with E-state index in [1.54, 1.807) is 0 Å². The monoisotopic (exact) mass is 428 g/mol. The highest BCUT2D eigenvalue weighted by Gasteiger charge is 2.28. The van der Waals surface area contributed by atoms with Crippen LogP contribution in [0.2, 0.25) is 0 Å². The number of para-hydroxylation sites is 1. The molecule has 4 aromatic rings. The highest BCUT2D eigenvalue weighted by Crippen LogP contribution is 2.30. The molecule has 2 aromatic heterocycles. The van der Waals surface area contributed by atoms with Crippen LogP contribution in [0.25, 0.3) is 21.1 Å². The summed E-state index contributed by atoms with van der Waals surface area (Å²) in [7, 11) is 0. The van der Waals surface area contributed by atoms with Gasteiger partial charge in [0.2, 0.25) is 0 Å². The summed E-state index contributed by atoms with van der Waals surface area (Å²) >= 11 is 0.914. The van der Waals surface area contributed by atoms with E-state index in [-0.39, 0.29) is 16.8 Å². The van der Waals surface area contributed by atoms with Crippen LogP contribution >= 0.6 is 11.3 Å². The zero-order valence-electron chi connectivity index (χ0n) is 15.7. The van der Waals surface area contributed by atoms with Crippen molar-refractivity contribution in [2.24, 2.45) is 0 Å². The third-order valence-electron chi connectivity index (χ3n) is 5.20. The van der Waals surface area contributed by atoms with E-state index in [0.717, 1.165) is 46.6 Å². The van der Waals surface area contributed by atoms with Crippen molar-refractivity contribution in [3.8, 4) is 0 Å². The highest BCUT2D eigenvalue weighted by molar-refractivity contribution is 7.22. The lowest BCUT2D eigenvalue weighted by atomic mass is 10.0. The summed E-state index contributed by atoms with van der Waals surface area (Å²) in [5, 5.41) is 6.53. The molecule has 1 aliphatic heterocycles. The van der Waals surface area contributed by atoms with E-state index in [0.29, 0.717) is 25.1 Å². The molecule has 0 fully saturated rings. The van der Waals surface area contributed by atoms with Gasteiger partial charge in [-0.2, -0.15) is 0 Å². The predicted molar refractivity (Wildman–Crippen MR) is 113 cm³/mol. The Morgan fingerprint density at radius 2 is 2.03 bits per heavy atom. The molecule has 9 heteroatoms. The molecule has 0 saturated heterocycles. The number of rotatable bonds is 3. The average molecular weight is 428 g/mol. The van der Waals surface area contributed by atoms with E-state index >= 15 is 0 Å². The molecule has 5 rings (SSSR count). The zero-order chi connectivity index (χ0) is 20.8. The van der Waals surface area contributed by atoms with Crippen molar-refractivity contribution >= 4 is 49.3 Å². The van der Waals surface area contributed by atoms with Crippen LogP contribution in [0.3, 0.4) is 0 Å². The van der Waals surface area contributed by atoms with Crippen molar-refractivity contribution in [3.05, 3.63) is 59.3 Å². The minimum absolute atomic E-state index is 0. The summed E-state index contributed by atoms with van der Waals surface area (Å²) in [6.07, 6.45) is 0.620. The molecule has 1 aliphatic rings. The van der Waals surface area contributed by atoms with Crippen molar-refractivity contribution in [1.29, 1.82) is 0 Å². The summed E-state index contributed by atoms with van der Waals surface area (Å²) in [4.78, 5) is 29.9. The van der Waals surface area contributed by atoms with Gasteiger partial charge >= 0.3 is 0 Å². The van der Waals surface area contributed by atoms with Gasteiger partial charge in [0.25, 0.3) is 11.7 Å². The second-order valence-corrected chi connectivity index (χ2v) is 8.06. The number of ketones is 1. The molecule has 0 atom stereocenters. The van der Waals surface area contributed by atoms with E-state index in [9.17, 15) is 18.4 Å². The Kier molecular flexibility index (Phi) is 4.56. The van der Waals surface area contributed by atoms with Crippen molar-refractivity contribution < 1.29 is 19.8 Å². The zero-order valence-corrected chi connectivity index (χ0v) is 16.5. The molecule has 1 amide bonds. The molecule has 30 heavy (non-hydrogen) atoms. The molecule has 0 saturated carbocycles. The number of carbonyl (C=O) groups excluding carboxylic acids is 2. The van der Waals surface area contributed by atoms with Crippen LogP contribution in [0.5, 0.6) is 0 Å². The van der Waals surface area contributed by atoms with Crippen LogP contribution in [0, 0.1) is 11.6 Å². The SMILES string of the molecule is O=C(Nc1nc2c(F)cc(F)cc2s1)C(=O)c1c2n(c3ccccc13)CCNCC2.[HH]. The first-order chi connectivity index (χ1) is 14.5. The Balaban J connectivity index is 0.00000231. The van der Waals surface area contributed by atoms with Gasteiger partial charge in [-0.05, 0) is 12.1 Å². The largest absolute Gasteiger partial charge is 0.343 e. The minimum Gasteiger partial charge on any atom is -0.343 e. The molecule has 2 aromatic carbocycles. The normalized spacial score (nSPS) is 13.9. The van der Waals surface area contributed by atoms with Crippen LogP contribution in [-0.4, -0.2) is 34.3 Å². The lowest BCUT2D eigenvalue weighted by molar-refractivity contribution is -0.112. The molecular formula is C21H18F2N4O2S. The fraction of sp³-hybridized carbons (Fsp3) is 0.190. The first-order valence-corrected chi connectivity index (χ1v) is 10.3. The number of thiazole rings is 1. The number of Topliss-reactive ketones (excluding diaryl/α,β-unsaturated/α-hetero) is 1. The molecule has 154 valence electrons. The molecule has 6 nitrogen and oxygen atoms in total. The topological polar surface area (TPSA) is 76.0 Å². The maximum atomic E-state index is 13.9. The lowest BCUT2D eigenvalue weighted by Crippen LogP contribution is -2.24. The van der Waals surface area contributed by atoms with Gasteiger partial charge in [0.15, 0.2) is 10.9 Å². The van der Waals surface area contributed by atoms with Crippen molar-refractivity contribution in [2.75, 3.05) is 18.4 Å². The first kappa shape index (κ1) is 18.8. The fourth-order valence-corrected chi connectivity index (χ4v) is 4.83. The van der Waals surface area contributed by atoms with Gasteiger partial charge in [0, 0.05) is 50.1 Å². The lowest BCUT2D eigenvalue weighted by Gasteiger charge is -2.06. The van der Waals surface area contributed by atoms with Gasteiger partial charge in [-0.1, -0.05) is 29.5 Å². The van der Waals surface area contributed by atoms with Crippen molar-refractivity contribution in [3.63, 3.8) is 0 Å². The Morgan fingerprint density at radius 1 is 1.20 bits per heavy atom. The number of amides is 1. The molecule has 0 aliphatic carbocycles. The third kappa shape index (κ3) is 3.06. The number of halogens is 2. The number of nitrogens with zero attached hydrogens (tertiary/aromatic N) is 2. The first-order valence-electron chi connectivity index (χ1n) is 9.45. The quantitative estimate of drug-likeness (QED) is 0.385. The number of nitrogens with one attached hydrogen (secondary N) is 2.